The Morgan fingerprint density at radius 2 is 2.26 bits per heavy atom. The molecule has 0 amide bonds. The van der Waals surface area contributed by atoms with Gasteiger partial charge in [-0.3, -0.25) is 9.67 Å². The van der Waals surface area contributed by atoms with Crippen LogP contribution in [0.3, 0.4) is 0 Å². The molecule has 0 unspecified atom stereocenters. The zero-order chi connectivity index (χ0) is 19.1. The number of likely N-dealkylation sites (N-methyl/N-ethyl adjacent to an activating group) is 1. The van der Waals surface area contributed by atoms with E-state index < -0.39 is 0 Å². The largest absolute Gasteiger partial charge is 0.367 e. The molecule has 0 saturated heterocycles. The summed E-state index contributed by atoms with van der Waals surface area (Å²) in [5.74, 6) is 1.71. The summed E-state index contributed by atoms with van der Waals surface area (Å²) < 4.78 is 1.74. The molecule has 8 nitrogen and oxygen atoms in total. The molecule has 9 heteroatoms. The normalized spacial score (nSPS) is 11.7. The zero-order valence-corrected chi connectivity index (χ0v) is 16.8. The lowest BCUT2D eigenvalue weighted by molar-refractivity contribution is 0.487. The first-order valence-corrected chi connectivity index (χ1v) is 9.95. The van der Waals surface area contributed by atoms with Crippen LogP contribution in [-0.4, -0.2) is 63.8 Å². The molecular weight excluding hydrogens is 360 g/mol. The lowest BCUT2D eigenvalue weighted by Crippen LogP contribution is -2.40. The molecule has 3 rings (SSSR count). The number of hydrogen-bond acceptors (Lipinski definition) is 6. The van der Waals surface area contributed by atoms with Gasteiger partial charge in [0, 0.05) is 38.6 Å². The Labute approximate surface area is 163 Å². The minimum absolute atomic E-state index is 0.650. The van der Waals surface area contributed by atoms with Crippen LogP contribution in [0.4, 0.5) is 5.82 Å². The molecule has 3 heterocycles. The molecule has 3 aromatic heterocycles. The minimum atomic E-state index is 0.650. The Balaban J connectivity index is 1.54. The number of guanidine groups is 1. The Hall–Kier alpha value is -2.68. The first-order chi connectivity index (χ1) is 13.2. The standard InChI is InChI=1S/C18H26N8S/c1-4-19-18(25(2)10-7-14-6-5-11-27-14)21-9-8-20-16-15-12-24-26(3)17(15)23-13-22-16/h5-6,11-13H,4,7-10H2,1-3H3,(H,19,21)(H,20,22,23). The maximum Gasteiger partial charge on any atom is 0.193 e. The van der Waals surface area contributed by atoms with Gasteiger partial charge in [0.1, 0.15) is 12.1 Å². The summed E-state index contributed by atoms with van der Waals surface area (Å²) in [6.07, 6.45) is 4.36. The Morgan fingerprint density at radius 3 is 3.04 bits per heavy atom. The molecule has 144 valence electrons. The molecule has 2 N–H and O–H groups in total. The second-order valence-corrected chi connectivity index (χ2v) is 7.17. The fraction of sp³-hybridized carbons (Fsp3) is 0.444. The summed E-state index contributed by atoms with van der Waals surface area (Å²) in [5.41, 5.74) is 0.817. The van der Waals surface area contributed by atoms with Gasteiger partial charge in [-0.15, -0.1) is 11.3 Å². The molecule has 0 aliphatic carbocycles. The lowest BCUT2D eigenvalue weighted by atomic mass is 10.3. The monoisotopic (exact) mass is 386 g/mol. The topological polar surface area (TPSA) is 83.3 Å². The van der Waals surface area contributed by atoms with E-state index in [0.717, 1.165) is 42.3 Å². The van der Waals surface area contributed by atoms with Crippen molar-refractivity contribution >= 4 is 34.1 Å². The van der Waals surface area contributed by atoms with Crippen LogP contribution >= 0.6 is 11.3 Å². The van der Waals surface area contributed by atoms with Gasteiger partial charge in [-0.05, 0) is 24.8 Å². The van der Waals surface area contributed by atoms with Crippen LogP contribution in [0.15, 0.2) is 35.0 Å². The molecule has 0 bridgehead atoms. The summed E-state index contributed by atoms with van der Waals surface area (Å²) in [7, 11) is 3.95. The maximum atomic E-state index is 4.72. The molecule has 0 aliphatic heterocycles. The number of thiophene rings is 1. The van der Waals surface area contributed by atoms with Crippen molar-refractivity contribution in [3.8, 4) is 0 Å². The molecule has 0 spiro atoms. The first-order valence-electron chi connectivity index (χ1n) is 9.07. The maximum absolute atomic E-state index is 4.72. The second-order valence-electron chi connectivity index (χ2n) is 6.14. The number of anilines is 1. The van der Waals surface area contributed by atoms with Gasteiger partial charge in [-0.1, -0.05) is 6.07 Å². The predicted molar refractivity (Wildman–Crippen MR) is 111 cm³/mol. The van der Waals surface area contributed by atoms with Gasteiger partial charge in [0.15, 0.2) is 11.6 Å². The van der Waals surface area contributed by atoms with Crippen molar-refractivity contribution in [2.45, 2.75) is 13.3 Å². The molecule has 0 aliphatic rings. The van der Waals surface area contributed by atoms with Gasteiger partial charge < -0.3 is 15.5 Å². The van der Waals surface area contributed by atoms with E-state index in [2.05, 4.69) is 62.1 Å². The van der Waals surface area contributed by atoms with Crippen molar-refractivity contribution in [2.24, 2.45) is 12.0 Å². The van der Waals surface area contributed by atoms with Crippen LogP contribution in [0.2, 0.25) is 0 Å². The minimum Gasteiger partial charge on any atom is -0.367 e. The zero-order valence-electron chi connectivity index (χ0n) is 16.0. The fourth-order valence-electron chi connectivity index (χ4n) is 2.75. The third-order valence-corrected chi connectivity index (χ3v) is 5.10. The van der Waals surface area contributed by atoms with Crippen molar-refractivity contribution in [3.63, 3.8) is 0 Å². The van der Waals surface area contributed by atoms with E-state index in [1.54, 1.807) is 28.5 Å². The lowest BCUT2D eigenvalue weighted by Gasteiger charge is -2.21. The van der Waals surface area contributed by atoms with Crippen LogP contribution < -0.4 is 10.6 Å². The fourth-order valence-corrected chi connectivity index (χ4v) is 3.45. The number of nitrogens with zero attached hydrogens (tertiary/aromatic N) is 6. The van der Waals surface area contributed by atoms with E-state index in [-0.39, 0.29) is 0 Å². The molecule has 0 fully saturated rings. The van der Waals surface area contributed by atoms with E-state index >= 15 is 0 Å². The molecule has 27 heavy (non-hydrogen) atoms. The summed E-state index contributed by atoms with van der Waals surface area (Å²) in [4.78, 5) is 16.9. The van der Waals surface area contributed by atoms with Gasteiger partial charge in [0.2, 0.25) is 0 Å². The van der Waals surface area contributed by atoms with E-state index in [0.29, 0.717) is 13.1 Å². The highest BCUT2D eigenvalue weighted by molar-refractivity contribution is 7.09. The van der Waals surface area contributed by atoms with Crippen molar-refractivity contribution in [1.82, 2.24) is 30.0 Å². The van der Waals surface area contributed by atoms with Crippen molar-refractivity contribution in [2.75, 3.05) is 38.5 Å². The van der Waals surface area contributed by atoms with Gasteiger partial charge in [-0.2, -0.15) is 5.10 Å². The highest BCUT2D eigenvalue weighted by Gasteiger charge is 2.08. The third kappa shape index (κ3) is 4.94. The molecular formula is C18H26N8S. The van der Waals surface area contributed by atoms with Crippen LogP contribution in [0.25, 0.3) is 11.0 Å². The summed E-state index contributed by atoms with van der Waals surface area (Å²) in [6.45, 7) is 5.20. The van der Waals surface area contributed by atoms with E-state index in [4.69, 9.17) is 4.99 Å². The van der Waals surface area contributed by atoms with E-state index in [1.807, 2.05) is 7.05 Å². The molecule has 0 aromatic carbocycles. The predicted octanol–water partition coefficient (Wildman–Crippen LogP) is 1.98. The van der Waals surface area contributed by atoms with Crippen LogP contribution in [-0.2, 0) is 13.5 Å². The second kappa shape index (κ2) is 9.31. The Morgan fingerprint density at radius 1 is 1.37 bits per heavy atom. The van der Waals surface area contributed by atoms with Gasteiger partial charge in [-0.25, -0.2) is 9.97 Å². The number of hydrogen-bond donors (Lipinski definition) is 2. The number of rotatable bonds is 8. The van der Waals surface area contributed by atoms with Gasteiger partial charge in [0.25, 0.3) is 0 Å². The SMILES string of the molecule is CCNC(=NCCNc1ncnc2c1cnn2C)N(C)CCc1cccs1. The number of nitrogens with one attached hydrogen (secondary N) is 2. The number of fused-ring (bicyclic) bond motifs is 1. The summed E-state index contributed by atoms with van der Waals surface area (Å²) >= 11 is 1.80. The van der Waals surface area contributed by atoms with Crippen LogP contribution in [0.5, 0.6) is 0 Å². The Bertz CT molecular complexity index is 871. The van der Waals surface area contributed by atoms with Crippen molar-refractivity contribution in [1.29, 1.82) is 0 Å². The highest BCUT2D eigenvalue weighted by Crippen LogP contribution is 2.17. The highest BCUT2D eigenvalue weighted by atomic mass is 32.1. The van der Waals surface area contributed by atoms with Crippen molar-refractivity contribution < 1.29 is 0 Å². The van der Waals surface area contributed by atoms with Gasteiger partial charge in [0.05, 0.1) is 18.1 Å². The third-order valence-electron chi connectivity index (χ3n) is 4.17. The van der Waals surface area contributed by atoms with Crippen molar-refractivity contribution in [3.05, 3.63) is 34.9 Å². The number of aliphatic imine (C=N–C) groups is 1. The van der Waals surface area contributed by atoms with Crippen LogP contribution in [0, 0.1) is 0 Å². The number of aryl methyl sites for hydroxylation is 1. The molecule has 0 saturated carbocycles. The molecule has 0 atom stereocenters. The molecule has 3 aromatic rings. The average molecular weight is 387 g/mol. The van der Waals surface area contributed by atoms with E-state index in [1.165, 1.54) is 4.88 Å². The van der Waals surface area contributed by atoms with Gasteiger partial charge >= 0.3 is 0 Å². The number of aromatic nitrogens is 4. The quantitative estimate of drug-likeness (QED) is 0.350. The first kappa shape index (κ1) is 19.1. The summed E-state index contributed by atoms with van der Waals surface area (Å²) in [6, 6.07) is 4.27. The smallest absolute Gasteiger partial charge is 0.193 e. The van der Waals surface area contributed by atoms with Crippen LogP contribution in [0.1, 0.15) is 11.8 Å². The molecule has 0 radical (unpaired) electrons. The van der Waals surface area contributed by atoms with E-state index in [9.17, 15) is 0 Å². The Kier molecular flexibility index (Phi) is 6.59. The average Bonchev–Trinajstić information content (AvgIpc) is 3.33. The summed E-state index contributed by atoms with van der Waals surface area (Å²) in [5, 5.41) is 14.0.